The van der Waals surface area contributed by atoms with E-state index in [0.717, 1.165) is 34.4 Å². The smallest absolute Gasteiger partial charge is 0.407 e. The van der Waals surface area contributed by atoms with Gasteiger partial charge in [-0.25, -0.2) is 13.6 Å². The third kappa shape index (κ3) is 4.36. The second-order valence-electron chi connectivity index (χ2n) is 7.09. The number of ether oxygens (including phenoxy) is 1. The summed E-state index contributed by atoms with van der Waals surface area (Å²) in [5.74, 6) is 2.57. The Kier molecular flexibility index (Phi) is 5.85. The average Bonchev–Trinajstić information content (AvgIpc) is 3.07. The Morgan fingerprint density at radius 1 is 1.00 bits per heavy atom. The van der Waals surface area contributed by atoms with E-state index in [0.29, 0.717) is 0 Å². The van der Waals surface area contributed by atoms with Crippen LogP contribution in [0.15, 0.2) is 60.7 Å². The molecule has 1 aliphatic carbocycles. The molecule has 1 amide bonds. The molecule has 2 N–H and O–H groups in total. The number of hydrogen-bond donors (Lipinski definition) is 2. The lowest BCUT2D eigenvalue weighted by Gasteiger charge is -2.14. The Bertz CT molecular complexity index is 1130. The summed E-state index contributed by atoms with van der Waals surface area (Å²) in [5, 5.41) is 11.7. The van der Waals surface area contributed by atoms with Crippen molar-refractivity contribution in [2.24, 2.45) is 0 Å². The summed E-state index contributed by atoms with van der Waals surface area (Å²) in [6, 6.07) is 17.7. The Balaban J connectivity index is 1.30. The molecule has 0 radical (unpaired) electrons. The third-order valence-corrected chi connectivity index (χ3v) is 5.10. The van der Waals surface area contributed by atoms with E-state index in [2.05, 4.69) is 29.3 Å². The number of benzene rings is 3. The lowest BCUT2D eigenvalue weighted by Crippen LogP contribution is -2.26. The fourth-order valence-corrected chi connectivity index (χ4v) is 3.71. The van der Waals surface area contributed by atoms with E-state index < -0.39 is 29.0 Å². The van der Waals surface area contributed by atoms with E-state index >= 15 is 0 Å². The summed E-state index contributed by atoms with van der Waals surface area (Å²) in [6.07, 6.45) is -0.394. The molecule has 0 spiro atoms. The van der Waals surface area contributed by atoms with Crippen LogP contribution in [0.3, 0.4) is 0 Å². The van der Waals surface area contributed by atoms with E-state index in [1.165, 1.54) is 0 Å². The molecule has 31 heavy (non-hydrogen) atoms. The highest BCUT2D eigenvalue weighted by molar-refractivity contribution is 5.79. The molecule has 4 rings (SSSR count). The van der Waals surface area contributed by atoms with Crippen molar-refractivity contribution in [3.63, 3.8) is 0 Å². The zero-order chi connectivity index (χ0) is 21.8. The number of carbonyl (C=O) groups is 1. The largest absolute Gasteiger partial charge is 0.508 e. The van der Waals surface area contributed by atoms with Crippen molar-refractivity contribution >= 4 is 6.09 Å². The van der Waals surface area contributed by atoms with Crippen LogP contribution in [0, 0.1) is 23.5 Å². The number of carbonyl (C=O) groups excluding carboxylic acids is 1. The highest BCUT2D eigenvalue weighted by Gasteiger charge is 2.28. The summed E-state index contributed by atoms with van der Waals surface area (Å²) >= 11 is 0. The molecule has 0 fully saturated rings. The molecule has 0 saturated carbocycles. The molecule has 0 unspecified atom stereocenters. The molecule has 1 aliphatic rings. The summed E-state index contributed by atoms with van der Waals surface area (Å²) < 4.78 is 32.6. The number of rotatable bonds is 4. The van der Waals surface area contributed by atoms with Crippen molar-refractivity contribution in [2.75, 3.05) is 13.2 Å². The number of phenols is 1. The lowest BCUT2D eigenvalue weighted by atomic mass is 9.98. The molecule has 0 aromatic heterocycles. The molecule has 0 atom stereocenters. The van der Waals surface area contributed by atoms with Crippen LogP contribution in [0.4, 0.5) is 13.6 Å². The first kappa shape index (κ1) is 20.4. The Morgan fingerprint density at radius 2 is 1.58 bits per heavy atom. The van der Waals surface area contributed by atoms with Gasteiger partial charge < -0.3 is 15.2 Å². The van der Waals surface area contributed by atoms with Crippen LogP contribution < -0.4 is 5.32 Å². The van der Waals surface area contributed by atoms with Crippen molar-refractivity contribution in [1.29, 1.82) is 0 Å². The first-order valence-electron chi connectivity index (χ1n) is 9.80. The van der Waals surface area contributed by atoms with Gasteiger partial charge in [0.25, 0.3) is 0 Å². The lowest BCUT2D eigenvalue weighted by molar-refractivity contribution is 0.143. The van der Waals surface area contributed by atoms with E-state index in [-0.39, 0.29) is 25.5 Å². The minimum atomic E-state index is -0.936. The fraction of sp³-hybridized carbons (Fsp3) is 0.160. The van der Waals surface area contributed by atoms with E-state index in [1.807, 2.05) is 36.4 Å². The predicted molar refractivity (Wildman–Crippen MR) is 113 cm³/mol. The second-order valence-corrected chi connectivity index (χ2v) is 7.09. The predicted octanol–water partition coefficient (Wildman–Crippen LogP) is 4.95. The number of fused-ring (bicyclic) bond motifs is 3. The minimum absolute atomic E-state index is 0.0293. The number of hydrogen-bond acceptors (Lipinski definition) is 3. The molecular weight excluding hydrogens is 400 g/mol. The number of phenolic OH excluding ortho intramolecular Hbond substituents is 1. The number of alkyl carbamates (subject to hydrolysis) is 1. The molecular formula is C25H19F2NO3. The SMILES string of the molecule is O=C(NCCC#Cc1c(F)cc(O)cc1F)OCC1c2ccccc2-c2ccccc21. The molecule has 0 bridgehead atoms. The zero-order valence-corrected chi connectivity index (χ0v) is 16.5. The number of amides is 1. The van der Waals surface area contributed by atoms with Crippen molar-refractivity contribution in [2.45, 2.75) is 12.3 Å². The molecule has 3 aromatic carbocycles. The van der Waals surface area contributed by atoms with E-state index in [1.54, 1.807) is 0 Å². The van der Waals surface area contributed by atoms with Gasteiger partial charge in [0.2, 0.25) is 0 Å². The maximum atomic E-state index is 13.6. The number of halogens is 2. The number of nitrogens with one attached hydrogen (secondary N) is 1. The molecule has 4 nitrogen and oxygen atoms in total. The quantitative estimate of drug-likeness (QED) is 0.465. The highest BCUT2D eigenvalue weighted by atomic mass is 19.1. The van der Waals surface area contributed by atoms with Gasteiger partial charge in [0, 0.05) is 31.0 Å². The van der Waals surface area contributed by atoms with Gasteiger partial charge in [-0.3, -0.25) is 0 Å². The molecule has 0 aliphatic heterocycles. The van der Waals surface area contributed by atoms with Crippen molar-refractivity contribution < 1.29 is 23.4 Å². The van der Waals surface area contributed by atoms with Crippen LogP contribution in [0.2, 0.25) is 0 Å². The summed E-state index contributed by atoms with van der Waals surface area (Å²) in [6.45, 7) is 0.375. The molecule has 0 saturated heterocycles. The van der Waals surface area contributed by atoms with E-state index in [9.17, 15) is 13.6 Å². The van der Waals surface area contributed by atoms with Gasteiger partial charge in [0.05, 0.1) is 5.56 Å². The number of aromatic hydroxyl groups is 1. The van der Waals surface area contributed by atoms with Crippen LogP contribution in [0.5, 0.6) is 5.75 Å². The first-order valence-corrected chi connectivity index (χ1v) is 9.80. The van der Waals surface area contributed by atoms with Gasteiger partial charge in [-0.05, 0) is 22.3 Å². The van der Waals surface area contributed by atoms with Crippen molar-refractivity contribution in [1.82, 2.24) is 5.32 Å². The summed E-state index contributed by atoms with van der Waals surface area (Å²) in [7, 11) is 0. The maximum Gasteiger partial charge on any atom is 0.407 e. The van der Waals surface area contributed by atoms with Crippen LogP contribution in [-0.2, 0) is 4.74 Å². The normalized spacial score (nSPS) is 11.8. The summed E-state index contributed by atoms with van der Waals surface area (Å²) in [4.78, 5) is 12.1. The van der Waals surface area contributed by atoms with Gasteiger partial charge in [0.1, 0.15) is 24.0 Å². The van der Waals surface area contributed by atoms with E-state index in [4.69, 9.17) is 9.84 Å². The van der Waals surface area contributed by atoms with Crippen LogP contribution in [0.1, 0.15) is 29.0 Å². The zero-order valence-electron chi connectivity index (χ0n) is 16.5. The van der Waals surface area contributed by atoms with Gasteiger partial charge in [-0.1, -0.05) is 60.4 Å². The third-order valence-electron chi connectivity index (χ3n) is 5.10. The Labute approximate surface area is 178 Å². The second kappa shape index (κ2) is 8.88. The van der Waals surface area contributed by atoms with Gasteiger partial charge in [-0.2, -0.15) is 0 Å². The first-order chi connectivity index (χ1) is 15.0. The van der Waals surface area contributed by atoms with Gasteiger partial charge in [0.15, 0.2) is 0 Å². The monoisotopic (exact) mass is 419 g/mol. The van der Waals surface area contributed by atoms with Crippen molar-refractivity contribution in [3.8, 4) is 28.7 Å². The fourth-order valence-electron chi connectivity index (χ4n) is 3.71. The van der Waals surface area contributed by atoms with Gasteiger partial charge in [-0.15, -0.1) is 0 Å². The standard InChI is InChI=1S/C25H19F2NO3/c26-23-13-16(29)14-24(27)21(23)11-5-6-12-28-25(30)31-15-22-19-9-3-1-7-17(19)18-8-2-4-10-20(18)22/h1-4,7-10,13-14,22,29H,6,12,15H2,(H,28,30). The average molecular weight is 419 g/mol. The topological polar surface area (TPSA) is 58.6 Å². The van der Waals surface area contributed by atoms with Crippen LogP contribution in [0.25, 0.3) is 11.1 Å². The Hall–Kier alpha value is -3.85. The van der Waals surface area contributed by atoms with Gasteiger partial charge >= 0.3 is 6.09 Å². The molecule has 156 valence electrons. The summed E-state index contributed by atoms with van der Waals surface area (Å²) in [5.41, 5.74) is 4.13. The van der Waals surface area contributed by atoms with Crippen LogP contribution >= 0.6 is 0 Å². The molecule has 0 heterocycles. The van der Waals surface area contributed by atoms with Crippen LogP contribution in [-0.4, -0.2) is 24.4 Å². The molecule has 6 heteroatoms. The molecule has 3 aromatic rings. The Morgan fingerprint density at radius 3 is 2.19 bits per heavy atom. The van der Waals surface area contributed by atoms with Crippen molar-refractivity contribution in [3.05, 3.63) is 89.0 Å². The highest BCUT2D eigenvalue weighted by Crippen LogP contribution is 2.44. The maximum absolute atomic E-state index is 13.6. The minimum Gasteiger partial charge on any atom is -0.508 e.